The molecule has 4 nitrogen and oxygen atoms in total. The Hall–Kier alpha value is -1.55. The second-order valence-electron chi connectivity index (χ2n) is 4.86. The van der Waals surface area contributed by atoms with E-state index in [-0.39, 0.29) is 5.91 Å². The summed E-state index contributed by atoms with van der Waals surface area (Å²) in [6.07, 6.45) is 2.49. The average Bonchev–Trinajstić information content (AvgIpc) is 3.25. The van der Waals surface area contributed by atoms with Crippen molar-refractivity contribution in [2.24, 2.45) is 5.92 Å². The van der Waals surface area contributed by atoms with E-state index in [2.05, 4.69) is 10.6 Å². The lowest BCUT2D eigenvalue weighted by molar-refractivity contribution is 0.0949. The van der Waals surface area contributed by atoms with Gasteiger partial charge in [-0.25, -0.2) is 0 Å². The van der Waals surface area contributed by atoms with Gasteiger partial charge in [-0.1, -0.05) is 19.1 Å². The fraction of sp³-hybridized carbons (Fsp3) is 0.533. The van der Waals surface area contributed by atoms with Crippen molar-refractivity contribution >= 4 is 5.91 Å². The number of ether oxygens (including phenoxy) is 1. The zero-order valence-corrected chi connectivity index (χ0v) is 11.4. The van der Waals surface area contributed by atoms with E-state index in [0.717, 1.165) is 19.7 Å². The van der Waals surface area contributed by atoms with Crippen molar-refractivity contribution < 1.29 is 9.53 Å². The first kappa shape index (κ1) is 13.9. The van der Waals surface area contributed by atoms with Crippen LogP contribution in [0, 0.1) is 5.92 Å². The first-order chi connectivity index (χ1) is 9.31. The van der Waals surface area contributed by atoms with Crippen LogP contribution in [0.25, 0.3) is 0 Å². The number of rotatable bonds is 8. The highest BCUT2D eigenvalue weighted by molar-refractivity contribution is 5.96. The van der Waals surface area contributed by atoms with Crippen LogP contribution in [0.2, 0.25) is 0 Å². The van der Waals surface area contributed by atoms with Crippen molar-refractivity contribution in [3.63, 3.8) is 0 Å². The molecule has 1 aliphatic rings. The lowest BCUT2D eigenvalue weighted by Crippen LogP contribution is -2.32. The van der Waals surface area contributed by atoms with E-state index in [1.807, 2.05) is 31.2 Å². The molecule has 0 radical (unpaired) electrons. The maximum absolute atomic E-state index is 12.1. The third-order valence-corrected chi connectivity index (χ3v) is 3.14. The molecule has 1 fully saturated rings. The first-order valence-corrected chi connectivity index (χ1v) is 7.02. The smallest absolute Gasteiger partial charge is 0.255 e. The van der Waals surface area contributed by atoms with Crippen molar-refractivity contribution in [3.8, 4) is 5.75 Å². The molecule has 4 heteroatoms. The molecule has 1 saturated carbocycles. The third-order valence-electron chi connectivity index (χ3n) is 3.14. The Kier molecular flexibility index (Phi) is 5.21. The molecule has 19 heavy (non-hydrogen) atoms. The van der Waals surface area contributed by atoms with Gasteiger partial charge >= 0.3 is 0 Å². The minimum Gasteiger partial charge on any atom is -0.492 e. The number of carbonyl (C=O) groups excluding carboxylic acids is 1. The number of amides is 1. The summed E-state index contributed by atoms with van der Waals surface area (Å²) >= 11 is 0. The predicted octanol–water partition coefficient (Wildman–Crippen LogP) is 1.81. The quantitative estimate of drug-likeness (QED) is 0.703. The summed E-state index contributed by atoms with van der Waals surface area (Å²) in [5, 5.41) is 6.07. The summed E-state index contributed by atoms with van der Waals surface area (Å²) in [4.78, 5) is 12.1. The molecule has 1 aliphatic carbocycles. The summed E-state index contributed by atoms with van der Waals surface area (Å²) in [6, 6.07) is 7.44. The second kappa shape index (κ2) is 7.14. The number of nitrogens with one attached hydrogen (secondary N) is 2. The summed E-state index contributed by atoms with van der Waals surface area (Å²) in [5.41, 5.74) is 0.625. The number of hydrogen-bond acceptors (Lipinski definition) is 3. The molecule has 0 atom stereocenters. The van der Waals surface area contributed by atoms with Crippen LogP contribution in [0.3, 0.4) is 0 Å². The van der Waals surface area contributed by atoms with Crippen LogP contribution in [-0.4, -0.2) is 32.1 Å². The van der Waals surface area contributed by atoms with Crippen LogP contribution >= 0.6 is 0 Å². The van der Waals surface area contributed by atoms with Crippen LogP contribution in [0.4, 0.5) is 0 Å². The van der Waals surface area contributed by atoms with Crippen molar-refractivity contribution in [1.29, 1.82) is 0 Å². The zero-order chi connectivity index (χ0) is 13.5. The summed E-state index contributed by atoms with van der Waals surface area (Å²) < 4.78 is 5.73. The van der Waals surface area contributed by atoms with Crippen LogP contribution in [0.15, 0.2) is 24.3 Å². The normalized spacial score (nSPS) is 14.2. The van der Waals surface area contributed by atoms with E-state index >= 15 is 0 Å². The molecular formula is C15H22N2O2. The van der Waals surface area contributed by atoms with Crippen molar-refractivity contribution in [1.82, 2.24) is 10.6 Å². The van der Waals surface area contributed by atoms with Crippen LogP contribution in [0.5, 0.6) is 5.75 Å². The summed E-state index contributed by atoms with van der Waals surface area (Å²) in [7, 11) is 0. The molecular weight excluding hydrogens is 240 g/mol. The Morgan fingerprint density at radius 2 is 2.11 bits per heavy atom. The van der Waals surface area contributed by atoms with Crippen molar-refractivity contribution in [2.45, 2.75) is 19.8 Å². The molecule has 1 amide bonds. The maximum Gasteiger partial charge on any atom is 0.255 e. The van der Waals surface area contributed by atoms with E-state index < -0.39 is 0 Å². The monoisotopic (exact) mass is 262 g/mol. The van der Waals surface area contributed by atoms with E-state index in [1.165, 1.54) is 12.8 Å². The van der Waals surface area contributed by atoms with Gasteiger partial charge in [0.15, 0.2) is 0 Å². The average molecular weight is 262 g/mol. The topological polar surface area (TPSA) is 50.4 Å². The largest absolute Gasteiger partial charge is 0.492 e. The SMILES string of the molecule is CCNCCNC(=O)c1ccccc1OCC1CC1. The molecule has 2 N–H and O–H groups in total. The number of para-hydroxylation sites is 1. The molecule has 1 aromatic rings. The molecule has 0 unspecified atom stereocenters. The van der Waals surface area contributed by atoms with Gasteiger partial charge in [0.25, 0.3) is 5.91 Å². The highest BCUT2D eigenvalue weighted by Gasteiger charge is 2.22. The Morgan fingerprint density at radius 3 is 2.84 bits per heavy atom. The summed E-state index contributed by atoms with van der Waals surface area (Å²) in [5.74, 6) is 1.31. The van der Waals surface area contributed by atoms with E-state index in [1.54, 1.807) is 0 Å². The molecule has 1 aromatic carbocycles. The lowest BCUT2D eigenvalue weighted by atomic mass is 10.2. The van der Waals surface area contributed by atoms with Gasteiger partial charge in [-0.05, 0) is 37.4 Å². The standard InChI is InChI=1S/C15H22N2O2/c1-2-16-9-10-17-15(18)13-5-3-4-6-14(13)19-11-12-7-8-12/h3-6,12,16H,2,7-11H2,1H3,(H,17,18). The second-order valence-corrected chi connectivity index (χ2v) is 4.86. The molecule has 0 aromatic heterocycles. The first-order valence-electron chi connectivity index (χ1n) is 7.02. The molecule has 2 rings (SSSR count). The Labute approximate surface area is 114 Å². The van der Waals surface area contributed by atoms with Gasteiger partial charge in [0.2, 0.25) is 0 Å². The Balaban J connectivity index is 1.87. The molecule has 0 spiro atoms. The molecule has 0 heterocycles. The van der Waals surface area contributed by atoms with E-state index in [4.69, 9.17) is 4.74 Å². The molecule has 0 bridgehead atoms. The van der Waals surface area contributed by atoms with Gasteiger partial charge in [-0.15, -0.1) is 0 Å². The number of hydrogen-bond donors (Lipinski definition) is 2. The van der Waals surface area contributed by atoms with Gasteiger partial charge in [0.1, 0.15) is 5.75 Å². The van der Waals surface area contributed by atoms with E-state index in [9.17, 15) is 4.79 Å². The Bertz CT molecular complexity index is 416. The van der Waals surface area contributed by atoms with Crippen LogP contribution in [-0.2, 0) is 0 Å². The summed E-state index contributed by atoms with van der Waals surface area (Å²) in [6.45, 7) is 5.10. The fourth-order valence-corrected chi connectivity index (χ4v) is 1.81. The van der Waals surface area contributed by atoms with Crippen molar-refractivity contribution in [3.05, 3.63) is 29.8 Å². The number of benzene rings is 1. The highest BCUT2D eigenvalue weighted by Crippen LogP contribution is 2.30. The fourth-order valence-electron chi connectivity index (χ4n) is 1.81. The predicted molar refractivity (Wildman–Crippen MR) is 75.5 cm³/mol. The van der Waals surface area contributed by atoms with Crippen molar-refractivity contribution in [2.75, 3.05) is 26.2 Å². The zero-order valence-electron chi connectivity index (χ0n) is 11.4. The third kappa shape index (κ3) is 4.56. The molecule has 104 valence electrons. The van der Waals surface area contributed by atoms with Gasteiger partial charge in [-0.2, -0.15) is 0 Å². The van der Waals surface area contributed by atoms with Gasteiger partial charge < -0.3 is 15.4 Å². The van der Waals surface area contributed by atoms with Gasteiger partial charge in [0.05, 0.1) is 12.2 Å². The van der Waals surface area contributed by atoms with Gasteiger partial charge in [-0.3, -0.25) is 4.79 Å². The number of carbonyl (C=O) groups is 1. The van der Waals surface area contributed by atoms with Gasteiger partial charge in [0, 0.05) is 13.1 Å². The van der Waals surface area contributed by atoms with E-state index in [0.29, 0.717) is 23.8 Å². The number of likely N-dealkylation sites (N-methyl/N-ethyl adjacent to an activating group) is 1. The Morgan fingerprint density at radius 1 is 1.32 bits per heavy atom. The highest BCUT2D eigenvalue weighted by atomic mass is 16.5. The maximum atomic E-state index is 12.1. The lowest BCUT2D eigenvalue weighted by Gasteiger charge is -2.11. The molecule has 0 saturated heterocycles. The minimum atomic E-state index is -0.0655. The van der Waals surface area contributed by atoms with Crippen LogP contribution < -0.4 is 15.4 Å². The van der Waals surface area contributed by atoms with Crippen LogP contribution in [0.1, 0.15) is 30.1 Å². The molecule has 0 aliphatic heterocycles. The minimum absolute atomic E-state index is 0.0655.